The summed E-state index contributed by atoms with van der Waals surface area (Å²) in [5.41, 5.74) is 3.39. The molecule has 1 aliphatic heterocycles. The van der Waals surface area contributed by atoms with Gasteiger partial charge in [0.2, 0.25) is 0 Å². The van der Waals surface area contributed by atoms with Gasteiger partial charge in [0.05, 0.1) is 5.69 Å². The first-order valence-electron chi connectivity index (χ1n) is 10.5. The average Bonchev–Trinajstić information content (AvgIpc) is 2.93. The van der Waals surface area contributed by atoms with Crippen LogP contribution >= 0.6 is 0 Å². The van der Waals surface area contributed by atoms with E-state index in [0.29, 0.717) is 12.3 Å². The zero-order valence-electron chi connectivity index (χ0n) is 16.3. The van der Waals surface area contributed by atoms with Gasteiger partial charge in [0.15, 0.2) is 5.71 Å². The van der Waals surface area contributed by atoms with E-state index in [1.807, 2.05) is 24.3 Å². The van der Waals surface area contributed by atoms with Crippen LogP contribution in [0.1, 0.15) is 76.2 Å². The Morgan fingerprint density at radius 1 is 0.889 bits per heavy atom. The van der Waals surface area contributed by atoms with Crippen molar-refractivity contribution in [2.24, 2.45) is 10.2 Å². The molecule has 0 saturated heterocycles. The maximum Gasteiger partial charge on any atom is 0.279 e. The molecule has 0 spiro atoms. The molecule has 0 N–H and O–H groups in total. The Morgan fingerprint density at radius 3 is 2.11 bits per heavy atom. The van der Waals surface area contributed by atoms with E-state index in [-0.39, 0.29) is 5.91 Å². The minimum absolute atomic E-state index is 0.0754. The molecule has 4 nitrogen and oxygen atoms in total. The van der Waals surface area contributed by atoms with Crippen molar-refractivity contribution < 1.29 is 4.79 Å². The summed E-state index contributed by atoms with van der Waals surface area (Å²) in [6.07, 6.45) is 15.4. The van der Waals surface area contributed by atoms with Gasteiger partial charge in [-0.25, -0.2) is 0 Å². The number of anilines is 1. The lowest BCUT2D eigenvalue weighted by molar-refractivity contribution is -0.112. The van der Waals surface area contributed by atoms with Gasteiger partial charge in [-0.15, -0.1) is 11.7 Å². The van der Waals surface area contributed by atoms with Gasteiger partial charge in [-0.3, -0.25) is 4.79 Å². The third-order valence-electron chi connectivity index (χ3n) is 5.43. The van der Waals surface area contributed by atoms with Gasteiger partial charge >= 0.3 is 0 Å². The van der Waals surface area contributed by atoms with Crippen molar-refractivity contribution in [3.63, 3.8) is 0 Å². The summed E-state index contributed by atoms with van der Waals surface area (Å²) in [6, 6.07) is 7.81. The molecule has 1 saturated carbocycles. The smallest absolute Gasteiger partial charge is 0.279 e. The summed E-state index contributed by atoms with van der Waals surface area (Å²) in [4.78, 5) is 14.5. The number of carbonyl (C=O) groups is 1. The van der Waals surface area contributed by atoms with Gasteiger partial charge < -0.3 is 4.90 Å². The Balaban J connectivity index is 1.78. The van der Waals surface area contributed by atoms with Crippen LogP contribution in [0.2, 0.25) is 0 Å². The Hall–Kier alpha value is -2.23. The Labute approximate surface area is 163 Å². The van der Waals surface area contributed by atoms with Gasteiger partial charge in [-0.05, 0) is 31.7 Å². The zero-order valence-corrected chi connectivity index (χ0v) is 16.3. The van der Waals surface area contributed by atoms with Crippen LogP contribution in [0.3, 0.4) is 0 Å². The van der Waals surface area contributed by atoms with Crippen LogP contribution in [0.4, 0.5) is 5.69 Å². The lowest BCUT2D eigenvalue weighted by atomic mass is 10.00. The molecule has 1 aromatic carbocycles. The van der Waals surface area contributed by atoms with Crippen molar-refractivity contribution in [2.75, 3.05) is 11.4 Å². The molecular formula is C23H31N3O. The monoisotopic (exact) mass is 365 g/mol. The van der Waals surface area contributed by atoms with Gasteiger partial charge in [0.25, 0.3) is 5.91 Å². The third kappa shape index (κ3) is 5.15. The second-order valence-electron chi connectivity index (χ2n) is 7.52. The highest BCUT2D eigenvalue weighted by Crippen LogP contribution is 2.29. The Morgan fingerprint density at radius 2 is 1.48 bits per heavy atom. The molecule has 0 bridgehead atoms. The molecule has 144 valence electrons. The van der Waals surface area contributed by atoms with Crippen molar-refractivity contribution in [2.45, 2.75) is 70.6 Å². The van der Waals surface area contributed by atoms with Crippen molar-refractivity contribution in [3.8, 4) is 0 Å². The number of para-hydroxylation sites is 1. The predicted molar refractivity (Wildman–Crippen MR) is 114 cm³/mol. The molecule has 0 aromatic heterocycles. The number of amides is 1. The van der Waals surface area contributed by atoms with E-state index in [4.69, 9.17) is 0 Å². The number of benzene rings is 1. The fourth-order valence-corrected chi connectivity index (χ4v) is 3.91. The molecule has 3 rings (SSSR count). The SMILES string of the molecule is C=CCN1C(=O)/C(=N\N=C2CCCCCCCCCCC2)c2ccccc21. The number of nitrogens with zero attached hydrogens (tertiary/aromatic N) is 3. The largest absolute Gasteiger partial charge is 0.302 e. The highest BCUT2D eigenvalue weighted by molar-refractivity contribution is 6.54. The lowest BCUT2D eigenvalue weighted by Crippen LogP contribution is -2.30. The van der Waals surface area contributed by atoms with Crippen molar-refractivity contribution in [3.05, 3.63) is 42.5 Å². The summed E-state index contributed by atoms with van der Waals surface area (Å²) in [5, 5.41) is 9.02. The van der Waals surface area contributed by atoms with E-state index in [1.54, 1.807) is 11.0 Å². The van der Waals surface area contributed by atoms with Gasteiger partial charge in [0, 0.05) is 17.8 Å². The first kappa shape index (κ1) is 19.5. The van der Waals surface area contributed by atoms with Crippen molar-refractivity contribution in [1.82, 2.24) is 0 Å². The lowest BCUT2D eigenvalue weighted by Gasteiger charge is -2.13. The summed E-state index contributed by atoms with van der Waals surface area (Å²) < 4.78 is 0. The molecular weight excluding hydrogens is 334 g/mol. The zero-order chi connectivity index (χ0) is 18.9. The second kappa shape index (κ2) is 10.2. The van der Waals surface area contributed by atoms with Crippen LogP contribution in [0.25, 0.3) is 0 Å². The minimum Gasteiger partial charge on any atom is -0.302 e. The molecule has 0 radical (unpaired) electrons. The van der Waals surface area contributed by atoms with Crippen molar-refractivity contribution >= 4 is 23.0 Å². The molecule has 0 unspecified atom stereocenters. The van der Waals surface area contributed by atoms with E-state index in [0.717, 1.165) is 29.8 Å². The number of hydrogen-bond acceptors (Lipinski definition) is 3. The molecule has 4 heteroatoms. The summed E-state index contributed by atoms with van der Waals surface area (Å²) in [5.74, 6) is -0.0754. The minimum atomic E-state index is -0.0754. The molecule has 1 aliphatic carbocycles. The first-order chi connectivity index (χ1) is 13.3. The van der Waals surface area contributed by atoms with Crippen LogP contribution in [0.15, 0.2) is 47.1 Å². The quantitative estimate of drug-likeness (QED) is 0.503. The Kier molecular flexibility index (Phi) is 7.37. The number of rotatable bonds is 3. The molecule has 1 fully saturated rings. The maximum absolute atomic E-state index is 12.8. The van der Waals surface area contributed by atoms with Crippen LogP contribution < -0.4 is 4.90 Å². The number of hydrogen-bond donors (Lipinski definition) is 0. The Bertz CT molecular complexity index is 706. The van der Waals surface area contributed by atoms with E-state index in [1.165, 1.54) is 57.8 Å². The fraction of sp³-hybridized carbons (Fsp3) is 0.522. The molecule has 27 heavy (non-hydrogen) atoms. The first-order valence-corrected chi connectivity index (χ1v) is 10.5. The van der Waals surface area contributed by atoms with Gasteiger partial charge in [-0.1, -0.05) is 69.2 Å². The van der Waals surface area contributed by atoms with Crippen LogP contribution in [0.5, 0.6) is 0 Å². The van der Waals surface area contributed by atoms with Crippen LogP contribution in [-0.2, 0) is 4.79 Å². The summed E-state index contributed by atoms with van der Waals surface area (Å²) in [7, 11) is 0. The normalized spacial score (nSPS) is 20.7. The summed E-state index contributed by atoms with van der Waals surface area (Å²) >= 11 is 0. The van der Waals surface area contributed by atoms with Gasteiger partial charge in [-0.2, -0.15) is 5.10 Å². The molecule has 1 aromatic rings. The second-order valence-corrected chi connectivity index (χ2v) is 7.52. The van der Waals surface area contributed by atoms with Crippen molar-refractivity contribution in [1.29, 1.82) is 0 Å². The summed E-state index contributed by atoms with van der Waals surface area (Å²) in [6.45, 7) is 4.26. The highest BCUT2D eigenvalue weighted by Gasteiger charge is 2.33. The highest BCUT2D eigenvalue weighted by atomic mass is 16.2. The van der Waals surface area contributed by atoms with E-state index < -0.39 is 0 Å². The number of fused-ring (bicyclic) bond motifs is 1. The van der Waals surface area contributed by atoms with E-state index >= 15 is 0 Å². The average molecular weight is 366 g/mol. The topological polar surface area (TPSA) is 45.0 Å². The predicted octanol–water partition coefficient (Wildman–Crippen LogP) is 5.67. The molecule has 1 amide bonds. The van der Waals surface area contributed by atoms with E-state index in [9.17, 15) is 4.79 Å². The molecule has 2 aliphatic rings. The van der Waals surface area contributed by atoms with E-state index in [2.05, 4.69) is 16.8 Å². The standard InChI is InChI=1S/C23H31N3O/c1-2-18-26-21-17-13-12-16-20(21)22(23(26)27)25-24-19-14-10-8-6-4-3-5-7-9-11-15-19/h2,12-13,16-17H,1,3-11,14-15,18H2/b25-22-. The molecule has 1 heterocycles. The third-order valence-corrected chi connectivity index (χ3v) is 5.43. The van der Waals surface area contributed by atoms with Crippen LogP contribution in [0, 0.1) is 0 Å². The maximum atomic E-state index is 12.8. The number of carbonyl (C=O) groups excluding carboxylic acids is 1. The fourth-order valence-electron chi connectivity index (χ4n) is 3.91. The molecule has 0 atom stereocenters. The van der Waals surface area contributed by atoms with Crippen LogP contribution in [-0.4, -0.2) is 23.9 Å². The van der Waals surface area contributed by atoms with Gasteiger partial charge in [0.1, 0.15) is 0 Å².